The smallest absolute Gasteiger partial charge is 0.412 e. The number of nitrogens with zero attached hydrogens (tertiary/aromatic N) is 1. The summed E-state index contributed by atoms with van der Waals surface area (Å²) >= 11 is 0. The Bertz CT molecular complexity index is 605. The number of para-hydroxylation sites is 1. The first-order valence-electron chi connectivity index (χ1n) is 6.55. The number of carbonyl (C=O) groups is 2. The summed E-state index contributed by atoms with van der Waals surface area (Å²) in [5.41, 5.74) is 0.0569. The molecule has 0 aliphatic carbocycles. The largest absolute Gasteiger partial charge is 0.467 e. The molecule has 1 fully saturated rings. The maximum atomic E-state index is 12.0. The van der Waals surface area contributed by atoms with Gasteiger partial charge in [0.05, 0.1) is 14.2 Å². The minimum absolute atomic E-state index is 0.0590. The van der Waals surface area contributed by atoms with Crippen LogP contribution in [-0.2, 0) is 19.9 Å². The van der Waals surface area contributed by atoms with Crippen molar-refractivity contribution in [1.29, 1.82) is 0 Å². The fraction of sp³-hybridized carbons (Fsp3) is 0.429. The van der Waals surface area contributed by atoms with Gasteiger partial charge in [-0.15, -0.1) is 0 Å². The Hall–Kier alpha value is -2.28. The monoisotopic (exact) mass is 292 g/mol. The van der Waals surface area contributed by atoms with Crippen molar-refractivity contribution in [3.8, 4) is 0 Å². The van der Waals surface area contributed by atoms with Crippen LogP contribution in [0.2, 0.25) is 0 Å². The molecule has 2 N–H and O–H groups in total. The van der Waals surface area contributed by atoms with Crippen LogP contribution in [0.25, 0.3) is 0 Å². The molecule has 1 aromatic rings. The summed E-state index contributed by atoms with van der Waals surface area (Å²) in [6.45, 7) is 0. The highest BCUT2D eigenvalue weighted by Crippen LogP contribution is 2.49. The van der Waals surface area contributed by atoms with Gasteiger partial charge in [-0.1, -0.05) is 18.2 Å². The van der Waals surface area contributed by atoms with Crippen LogP contribution in [0.4, 0.5) is 10.5 Å². The van der Waals surface area contributed by atoms with Gasteiger partial charge in [-0.3, -0.25) is 4.90 Å². The fourth-order valence-electron chi connectivity index (χ4n) is 3.17. The quantitative estimate of drug-likeness (QED) is 0.739. The lowest BCUT2D eigenvalue weighted by Gasteiger charge is -2.28. The molecule has 3 atom stereocenters. The fourth-order valence-corrected chi connectivity index (χ4v) is 3.17. The van der Waals surface area contributed by atoms with E-state index in [1.54, 1.807) is 12.1 Å². The van der Waals surface area contributed by atoms with E-state index in [-0.39, 0.29) is 6.42 Å². The number of amides is 1. The lowest BCUT2D eigenvalue weighted by atomic mass is 9.91. The van der Waals surface area contributed by atoms with E-state index < -0.39 is 29.9 Å². The van der Waals surface area contributed by atoms with Crippen LogP contribution in [0.5, 0.6) is 0 Å². The lowest BCUT2D eigenvalue weighted by molar-refractivity contribution is -0.145. The Balaban J connectivity index is 2.05. The Morgan fingerprint density at radius 1 is 1.33 bits per heavy atom. The van der Waals surface area contributed by atoms with Gasteiger partial charge >= 0.3 is 12.1 Å². The molecule has 0 radical (unpaired) electrons. The molecule has 0 aromatic heterocycles. The molecule has 2 aliphatic rings. The Morgan fingerprint density at radius 2 is 2.05 bits per heavy atom. The molecule has 1 saturated heterocycles. The normalized spacial score (nSPS) is 29.4. The molecule has 7 nitrogen and oxygen atoms in total. The Kier molecular flexibility index (Phi) is 3.02. The number of nitrogens with one attached hydrogen (secondary N) is 1. The molecule has 0 bridgehead atoms. The van der Waals surface area contributed by atoms with E-state index in [9.17, 15) is 14.7 Å². The van der Waals surface area contributed by atoms with Gasteiger partial charge in [0.2, 0.25) is 0 Å². The number of hydrogen-bond acceptors (Lipinski definition) is 6. The number of benzene rings is 1. The SMILES string of the molecule is COC(=O)[C@H]1C[C@]2(O)c3ccccc3N[C@@H]2N1C(=O)OC. The molecule has 1 amide bonds. The van der Waals surface area contributed by atoms with E-state index in [2.05, 4.69) is 5.32 Å². The third kappa shape index (κ3) is 1.77. The van der Waals surface area contributed by atoms with Crippen molar-refractivity contribution >= 4 is 17.7 Å². The molecule has 0 unspecified atom stereocenters. The van der Waals surface area contributed by atoms with E-state index in [0.29, 0.717) is 5.56 Å². The van der Waals surface area contributed by atoms with Crippen LogP contribution in [0.3, 0.4) is 0 Å². The summed E-state index contributed by atoms with van der Waals surface area (Å²) in [6, 6.07) is 6.33. The first-order chi connectivity index (χ1) is 10.0. The second-order valence-corrected chi connectivity index (χ2v) is 5.14. The standard InChI is InChI=1S/C14H16N2O5/c1-20-11(17)10-7-14(19)8-5-3-4-6-9(8)15-12(14)16(10)13(18)21-2/h3-6,10,12,15,19H,7H2,1-2H3/t10-,12-,14+/m1/s1. The van der Waals surface area contributed by atoms with Crippen LogP contribution in [0, 0.1) is 0 Å². The second-order valence-electron chi connectivity index (χ2n) is 5.14. The number of fused-ring (bicyclic) bond motifs is 3. The zero-order valence-electron chi connectivity index (χ0n) is 11.7. The minimum Gasteiger partial charge on any atom is -0.467 e. The minimum atomic E-state index is -1.34. The number of methoxy groups -OCH3 is 2. The highest BCUT2D eigenvalue weighted by atomic mass is 16.5. The maximum absolute atomic E-state index is 12.0. The van der Waals surface area contributed by atoms with Crippen LogP contribution < -0.4 is 5.32 Å². The molecular weight excluding hydrogens is 276 g/mol. The molecule has 112 valence electrons. The third-order valence-electron chi connectivity index (χ3n) is 4.12. The molecule has 3 rings (SSSR count). The first-order valence-corrected chi connectivity index (χ1v) is 6.55. The van der Waals surface area contributed by atoms with Crippen molar-refractivity contribution in [3.05, 3.63) is 29.8 Å². The van der Waals surface area contributed by atoms with Crippen molar-refractivity contribution in [2.45, 2.75) is 24.2 Å². The van der Waals surface area contributed by atoms with Crippen molar-refractivity contribution in [2.75, 3.05) is 19.5 Å². The summed E-state index contributed by atoms with van der Waals surface area (Å²) in [5, 5.41) is 14.1. The van der Waals surface area contributed by atoms with Gasteiger partial charge in [0.25, 0.3) is 0 Å². The summed E-state index contributed by atoms with van der Waals surface area (Å²) in [7, 11) is 2.48. The highest BCUT2D eigenvalue weighted by Gasteiger charge is 2.61. The van der Waals surface area contributed by atoms with Gasteiger partial charge in [-0.05, 0) is 6.07 Å². The van der Waals surface area contributed by atoms with E-state index in [0.717, 1.165) is 5.69 Å². The van der Waals surface area contributed by atoms with Crippen molar-refractivity contribution < 1.29 is 24.2 Å². The van der Waals surface area contributed by atoms with Gasteiger partial charge in [0.1, 0.15) is 17.8 Å². The molecule has 0 spiro atoms. The number of ether oxygens (including phenoxy) is 2. The highest BCUT2D eigenvalue weighted by molar-refractivity contribution is 5.84. The van der Waals surface area contributed by atoms with E-state index in [1.165, 1.54) is 19.1 Å². The summed E-state index contributed by atoms with van der Waals surface area (Å²) < 4.78 is 9.47. The van der Waals surface area contributed by atoms with Gasteiger partial charge in [-0.2, -0.15) is 0 Å². The van der Waals surface area contributed by atoms with Gasteiger partial charge in [0.15, 0.2) is 0 Å². The molecular formula is C14H16N2O5. The number of hydrogen-bond donors (Lipinski definition) is 2. The van der Waals surface area contributed by atoms with Crippen molar-refractivity contribution in [3.63, 3.8) is 0 Å². The molecule has 0 saturated carbocycles. The van der Waals surface area contributed by atoms with Crippen molar-refractivity contribution in [2.24, 2.45) is 0 Å². The Labute approximate surface area is 121 Å². The van der Waals surface area contributed by atoms with E-state index >= 15 is 0 Å². The van der Waals surface area contributed by atoms with Crippen molar-refractivity contribution in [1.82, 2.24) is 4.90 Å². The molecule has 2 heterocycles. The molecule has 2 aliphatic heterocycles. The average Bonchev–Trinajstić information content (AvgIpc) is 2.95. The summed E-state index contributed by atoms with van der Waals surface area (Å²) in [6.07, 6.45) is -1.39. The summed E-state index contributed by atoms with van der Waals surface area (Å²) in [5.74, 6) is -0.581. The van der Waals surface area contributed by atoms with Gasteiger partial charge < -0.3 is 19.9 Å². The number of rotatable bonds is 1. The molecule has 1 aromatic carbocycles. The first kappa shape index (κ1) is 13.7. The molecule has 7 heteroatoms. The number of aliphatic hydroxyl groups is 1. The number of esters is 1. The average molecular weight is 292 g/mol. The number of likely N-dealkylation sites (tertiary alicyclic amines) is 1. The van der Waals surface area contributed by atoms with Crippen LogP contribution in [0.1, 0.15) is 12.0 Å². The Morgan fingerprint density at radius 3 is 2.71 bits per heavy atom. The zero-order chi connectivity index (χ0) is 15.2. The van der Waals surface area contributed by atoms with Crippen LogP contribution in [-0.4, -0.2) is 48.5 Å². The predicted molar refractivity (Wildman–Crippen MR) is 72.4 cm³/mol. The summed E-state index contributed by atoms with van der Waals surface area (Å²) in [4.78, 5) is 25.1. The van der Waals surface area contributed by atoms with Crippen LogP contribution in [0.15, 0.2) is 24.3 Å². The zero-order valence-corrected chi connectivity index (χ0v) is 11.7. The number of carbonyl (C=O) groups excluding carboxylic acids is 2. The predicted octanol–water partition coefficient (Wildman–Crippen LogP) is 0.639. The maximum Gasteiger partial charge on any atom is 0.412 e. The lowest BCUT2D eigenvalue weighted by Crippen LogP contribution is -2.50. The number of anilines is 1. The van der Waals surface area contributed by atoms with Gasteiger partial charge in [-0.25, -0.2) is 9.59 Å². The third-order valence-corrected chi connectivity index (χ3v) is 4.12. The second kappa shape index (κ2) is 4.63. The topological polar surface area (TPSA) is 88.1 Å². The molecule has 21 heavy (non-hydrogen) atoms. The van der Waals surface area contributed by atoms with E-state index in [4.69, 9.17) is 9.47 Å². The van der Waals surface area contributed by atoms with E-state index in [1.807, 2.05) is 12.1 Å². The van der Waals surface area contributed by atoms with Gasteiger partial charge in [0, 0.05) is 17.7 Å². The van der Waals surface area contributed by atoms with Crippen LogP contribution >= 0.6 is 0 Å².